The van der Waals surface area contributed by atoms with Crippen LogP contribution in [0.4, 0.5) is 0 Å². The number of alkyl halides is 1. The molecule has 0 saturated carbocycles. The third kappa shape index (κ3) is 3.81. The molecule has 18 heavy (non-hydrogen) atoms. The number of nitrogens with one attached hydrogen (secondary N) is 1. The first-order chi connectivity index (χ1) is 8.45. The molecule has 0 aliphatic carbocycles. The Morgan fingerprint density at radius 1 is 1.50 bits per heavy atom. The van der Waals surface area contributed by atoms with Crippen LogP contribution in [-0.2, 0) is 0 Å². The SMILES string of the molecule is COc1ccc(C(=O)NCC(Cl)C(C)C)c(O)c1. The number of rotatable bonds is 5. The van der Waals surface area contributed by atoms with Crippen LogP contribution in [0.3, 0.4) is 0 Å². The zero-order valence-electron chi connectivity index (χ0n) is 10.7. The van der Waals surface area contributed by atoms with E-state index in [0.717, 1.165) is 0 Å². The van der Waals surface area contributed by atoms with Gasteiger partial charge >= 0.3 is 0 Å². The van der Waals surface area contributed by atoms with Crippen molar-refractivity contribution in [2.45, 2.75) is 19.2 Å². The first-order valence-electron chi connectivity index (χ1n) is 5.75. The summed E-state index contributed by atoms with van der Waals surface area (Å²) in [7, 11) is 1.50. The predicted octanol–water partition coefficient (Wildman–Crippen LogP) is 2.39. The van der Waals surface area contributed by atoms with Crippen molar-refractivity contribution < 1.29 is 14.6 Å². The molecule has 0 saturated heterocycles. The molecule has 0 aromatic heterocycles. The van der Waals surface area contributed by atoms with Crippen LogP contribution >= 0.6 is 11.6 Å². The van der Waals surface area contributed by atoms with E-state index in [1.54, 1.807) is 6.07 Å². The minimum Gasteiger partial charge on any atom is -0.507 e. The number of methoxy groups -OCH3 is 1. The Kier molecular flexibility index (Phi) is 5.28. The maximum absolute atomic E-state index is 11.8. The molecule has 100 valence electrons. The lowest BCUT2D eigenvalue weighted by atomic mass is 10.1. The number of halogens is 1. The van der Waals surface area contributed by atoms with E-state index in [1.807, 2.05) is 13.8 Å². The summed E-state index contributed by atoms with van der Waals surface area (Å²) in [5, 5.41) is 12.2. The number of amides is 1. The predicted molar refractivity (Wildman–Crippen MR) is 71.5 cm³/mol. The highest BCUT2D eigenvalue weighted by atomic mass is 35.5. The molecule has 1 unspecified atom stereocenters. The fourth-order valence-corrected chi connectivity index (χ4v) is 1.43. The molecular weight excluding hydrogens is 254 g/mol. The largest absolute Gasteiger partial charge is 0.507 e. The van der Waals surface area contributed by atoms with Gasteiger partial charge < -0.3 is 15.2 Å². The topological polar surface area (TPSA) is 58.6 Å². The summed E-state index contributed by atoms with van der Waals surface area (Å²) in [6.45, 7) is 4.33. The van der Waals surface area contributed by atoms with Crippen LogP contribution in [-0.4, -0.2) is 30.0 Å². The van der Waals surface area contributed by atoms with Crippen molar-refractivity contribution in [1.29, 1.82) is 0 Å². The van der Waals surface area contributed by atoms with E-state index in [9.17, 15) is 9.90 Å². The Bertz CT molecular complexity index is 421. The third-order valence-electron chi connectivity index (χ3n) is 2.63. The van der Waals surface area contributed by atoms with Gasteiger partial charge in [0.15, 0.2) is 0 Å². The van der Waals surface area contributed by atoms with Crippen LogP contribution < -0.4 is 10.1 Å². The number of carbonyl (C=O) groups excluding carboxylic acids is 1. The molecule has 1 amide bonds. The second-order valence-electron chi connectivity index (χ2n) is 4.35. The molecule has 0 aliphatic rings. The Morgan fingerprint density at radius 3 is 2.67 bits per heavy atom. The number of aromatic hydroxyl groups is 1. The van der Waals surface area contributed by atoms with Gasteiger partial charge in [-0.25, -0.2) is 0 Å². The highest BCUT2D eigenvalue weighted by Gasteiger charge is 2.15. The van der Waals surface area contributed by atoms with Crippen LogP contribution in [0.25, 0.3) is 0 Å². The fourth-order valence-electron chi connectivity index (χ4n) is 1.35. The summed E-state index contributed by atoms with van der Waals surface area (Å²) in [4.78, 5) is 11.8. The van der Waals surface area contributed by atoms with Crippen molar-refractivity contribution in [2.24, 2.45) is 5.92 Å². The molecular formula is C13H18ClNO3. The summed E-state index contributed by atoms with van der Waals surface area (Å²) in [5.41, 5.74) is 0.212. The average molecular weight is 272 g/mol. The van der Waals surface area contributed by atoms with Gasteiger partial charge in [-0.05, 0) is 18.1 Å². The zero-order chi connectivity index (χ0) is 13.7. The molecule has 0 fully saturated rings. The summed E-state index contributed by atoms with van der Waals surface area (Å²) >= 11 is 6.04. The lowest BCUT2D eigenvalue weighted by Gasteiger charge is -2.14. The number of hydrogen-bond donors (Lipinski definition) is 2. The van der Waals surface area contributed by atoms with Crippen molar-refractivity contribution in [3.63, 3.8) is 0 Å². The fraction of sp³-hybridized carbons (Fsp3) is 0.462. The minimum absolute atomic E-state index is 0.109. The molecule has 5 heteroatoms. The van der Waals surface area contributed by atoms with E-state index in [0.29, 0.717) is 12.3 Å². The van der Waals surface area contributed by atoms with Crippen LogP contribution in [0, 0.1) is 5.92 Å². The standard InChI is InChI=1S/C13H18ClNO3/c1-8(2)11(14)7-15-13(17)10-5-4-9(18-3)6-12(10)16/h4-6,8,11,16H,7H2,1-3H3,(H,15,17). The van der Waals surface area contributed by atoms with Crippen LogP contribution in [0.1, 0.15) is 24.2 Å². The van der Waals surface area contributed by atoms with Crippen molar-refractivity contribution >= 4 is 17.5 Å². The quantitative estimate of drug-likeness (QED) is 0.809. The minimum atomic E-state index is -0.346. The first kappa shape index (κ1) is 14.6. The number of hydrogen-bond acceptors (Lipinski definition) is 3. The first-order valence-corrected chi connectivity index (χ1v) is 6.18. The van der Waals surface area contributed by atoms with Gasteiger partial charge in [-0.15, -0.1) is 11.6 Å². The summed E-state index contributed by atoms with van der Waals surface area (Å²) in [5.74, 6) is 0.321. The van der Waals surface area contributed by atoms with E-state index in [2.05, 4.69) is 5.32 Å². The molecule has 0 heterocycles. The second kappa shape index (κ2) is 6.50. The van der Waals surface area contributed by atoms with Gasteiger partial charge in [0.25, 0.3) is 5.91 Å². The van der Waals surface area contributed by atoms with Gasteiger partial charge in [-0.3, -0.25) is 4.79 Å². The van der Waals surface area contributed by atoms with Crippen molar-refractivity contribution in [3.05, 3.63) is 23.8 Å². The zero-order valence-corrected chi connectivity index (χ0v) is 11.5. The van der Waals surface area contributed by atoms with Crippen molar-refractivity contribution in [1.82, 2.24) is 5.32 Å². The molecule has 4 nitrogen and oxygen atoms in total. The normalized spacial score (nSPS) is 12.3. The summed E-state index contributed by atoms with van der Waals surface area (Å²) < 4.78 is 4.95. The summed E-state index contributed by atoms with van der Waals surface area (Å²) in [6.07, 6.45) is 0. The molecule has 0 spiro atoms. The van der Waals surface area contributed by atoms with Crippen molar-refractivity contribution in [2.75, 3.05) is 13.7 Å². The van der Waals surface area contributed by atoms with E-state index in [1.165, 1.54) is 19.2 Å². The van der Waals surface area contributed by atoms with E-state index < -0.39 is 0 Å². The van der Waals surface area contributed by atoms with Gasteiger partial charge in [-0.1, -0.05) is 13.8 Å². The smallest absolute Gasteiger partial charge is 0.255 e. The number of phenols is 1. The number of phenolic OH excluding ortho intramolecular Hbond substituents is 1. The van der Waals surface area contributed by atoms with Gasteiger partial charge in [0.05, 0.1) is 18.1 Å². The molecule has 1 rings (SSSR count). The third-order valence-corrected chi connectivity index (χ3v) is 3.29. The van der Waals surface area contributed by atoms with Gasteiger partial charge in [-0.2, -0.15) is 0 Å². The lowest BCUT2D eigenvalue weighted by Crippen LogP contribution is -2.31. The van der Waals surface area contributed by atoms with Crippen LogP contribution in [0.15, 0.2) is 18.2 Å². The summed E-state index contributed by atoms with van der Waals surface area (Å²) in [6, 6.07) is 4.53. The number of ether oxygens (including phenoxy) is 1. The molecule has 1 atom stereocenters. The number of carbonyl (C=O) groups is 1. The van der Waals surface area contributed by atoms with E-state index >= 15 is 0 Å². The van der Waals surface area contributed by atoms with E-state index in [-0.39, 0.29) is 28.5 Å². The van der Waals surface area contributed by atoms with Gasteiger partial charge in [0.2, 0.25) is 0 Å². The van der Waals surface area contributed by atoms with Gasteiger partial charge in [0.1, 0.15) is 11.5 Å². The van der Waals surface area contributed by atoms with Crippen molar-refractivity contribution in [3.8, 4) is 11.5 Å². The van der Waals surface area contributed by atoms with Gasteiger partial charge in [0, 0.05) is 12.6 Å². The molecule has 0 aliphatic heterocycles. The molecule has 0 bridgehead atoms. The van der Waals surface area contributed by atoms with Crippen LogP contribution in [0.5, 0.6) is 11.5 Å². The van der Waals surface area contributed by atoms with Crippen LogP contribution in [0.2, 0.25) is 0 Å². The Morgan fingerprint density at radius 2 is 2.17 bits per heavy atom. The number of benzene rings is 1. The highest BCUT2D eigenvalue weighted by Crippen LogP contribution is 2.23. The lowest BCUT2D eigenvalue weighted by molar-refractivity contribution is 0.0949. The highest BCUT2D eigenvalue weighted by molar-refractivity contribution is 6.21. The maximum Gasteiger partial charge on any atom is 0.255 e. The molecule has 2 N–H and O–H groups in total. The Balaban J connectivity index is 2.67. The second-order valence-corrected chi connectivity index (χ2v) is 4.91. The Labute approximate surface area is 112 Å². The maximum atomic E-state index is 11.8. The molecule has 1 aromatic carbocycles. The molecule has 1 aromatic rings. The van der Waals surface area contributed by atoms with E-state index in [4.69, 9.17) is 16.3 Å². The average Bonchev–Trinajstić information content (AvgIpc) is 2.34. The Hall–Kier alpha value is -1.42. The molecule has 0 radical (unpaired) electrons. The monoisotopic (exact) mass is 271 g/mol.